The van der Waals surface area contributed by atoms with Gasteiger partial charge in [-0.15, -0.1) is 0 Å². The predicted molar refractivity (Wildman–Crippen MR) is 97.3 cm³/mol. The molecular formula is C17H17F3N4O5S. The van der Waals surface area contributed by atoms with Crippen molar-refractivity contribution in [3.8, 4) is 6.01 Å². The van der Waals surface area contributed by atoms with Crippen LogP contribution in [0.3, 0.4) is 0 Å². The van der Waals surface area contributed by atoms with Gasteiger partial charge in [-0.1, -0.05) is 6.07 Å². The molecule has 1 saturated heterocycles. The molecule has 0 aliphatic carbocycles. The number of aryl methyl sites for hydroxylation is 1. The van der Waals surface area contributed by atoms with Gasteiger partial charge in [-0.2, -0.15) is 22.5 Å². The normalized spacial score (nSPS) is 18.2. The van der Waals surface area contributed by atoms with Crippen LogP contribution in [-0.2, 0) is 16.2 Å². The van der Waals surface area contributed by atoms with Crippen molar-refractivity contribution in [2.75, 3.05) is 13.1 Å². The van der Waals surface area contributed by atoms with Gasteiger partial charge in [0.05, 0.1) is 16.4 Å². The number of sulfonamides is 1. The molecule has 13 heteroatoms. The van der Waals surface area contributed by atoms with E-state index in [0.717, 1.165) is 16.6 Å². The van der Waals surface area contributed by atoms with E-state index in [9.17, 15) is 31.7 Å². The van der Waals surface area contributed by atoms with E-state index in [2.05, 4.69) is 9.97 Å². The Bertz CT molecular complexity index is 1060. The molecule has 1 fully saturated rings. The fourth-order valence-electron chi connectivity index (χ4n) is 3.04. The molecule has 1 aromatic heterocycles. The first-order valence-corrected chi connectivity index (χ1v) is 10.2. The number of hydrogen-bond acceptors (Lipinski definition) is 7. The largest absolute Gasteiger partial charge is 0.459 e. The first kappa shape index (κ1) is 21.9. The Hall–Kier alpha value is -2.80. The molecule has 1 unspecified atom stereocenters. The highest BCUT2D eigenvalue weighted by molar-refractivity contribution is 7.89. The number of non-ortho nitro benzene ring substituents is 1. The quantitative estimate of drug-likeness (QED) is 0.512. The van der Waals surface area contributed by atoms with Crippen LogP contribution in [0.25, 0.3) is 0 Å². The van der Waals surface area contributed by atoms with Crippen LogP contribution in [0.15, 0.2) is 35.4 Å². The molecule has 0 N–H and O–H groups in total. The Labute approximate surface area is 169 Å². The third-order valence-electron chi connectivity index (χ3n) is 4.54. The van der Waals surface area contributed by atoms with Crippen LogP contribution in [0.1, 0.15) is 24.1 Å². The van der Waals surface area contributed by atoms with Crippen LogP contribution >= 0.6 is 0 Å². The van der Waals surface area contributed by atoms with Crippen LogP contribution in [0, 0.1) is 17.0 Å². The van der Waals surface area contributed by atoms with Crippen molar-refractivity contribution in [1.82, 2.24) is 14.3 Å². The summed E-state index contributed by atoms with van der Waals surface area (Å²) in [5.41, 5.74) is -1.19. The van der Waals surface area contributed by atoms with Crippen LogP contribution in [0.4, 0.5) is 18.9 Å². The molecule has 0 saturated carbocycles. The average Bonchev–Trinajstić information content (AvgIpc) is 2.68. The van der Waals surface area contributed by atoms with E-state index in [1.165, 1.54) is 19.1 Å². The summed E-state index contributed by atoms with van der Waals surface area (Å²) in [5, 5.41) is 11.0. The van der Waals surface area contributed by atoms with Crippen LogP contribution in [0.2, 0.25) is 0 Å². The summed E-state index contributed by atoms with van der Waals surface area (Å²) in [6, 6.07) is 3.75. The van der Waals surface area contributed by atoms with Crippen molar-refractivity contribution in [2.45, 2.75) is 36.9 Å². The van der Waals surface area contributed by atoms with E-state index in [4.69, 9.17) is 4.74 Å². The maximum atomic E-state index is 13.0. The Morgan fingerprint density at radius 2 is 2.03 bits per heavy atom. The average molecular weight is 446 g/mol. The number of hydrogen-bond donors (Lipinski definition) is 0. The van der Waals surface area contributed by atoms with Gasteiger partial charge in [0, 0.05) is 24.9 Å². The van der Waals surface area contributed by atoms with Gasteiger partial charge in [0.1, 0.15) is 6.10 Å². The molecule has 2 heterocycles. The monoisotopic (exact) mass is 446 g/mol. The molecule has 0 radical (unpaired) electrons. The smallest absolute Gasteiger partial charge is 0.433 e. The lowest BCUT2D eigenvalue weighted by molar-refractivity contribution is -0.385. The van der Waals surface area contributed by atoms with Gasteiger partial charge in [0.25, 0.3) is 5.69 Å². The summed E-state index contributed by atoms with van der Waals surface area (Å²) in [5.74, 6) is 0. The molecule has 0 bridgehead atoms. The molecule has 0 amide bonds. The molecule has 1 aromatic carbocycles. The zero-order chi connectivity index (χ0) is 22.1. The number of nitrogens with zero attached hydrogens (tertiary/aromatic N) is 4. The molecule has 162 valence electrons. The van der Waals surface area contributed by atoms with Gasteiger partial charge in [-0.3, -0.25) is 10.1 Å². The van der Waals surface area contributed by atoms with Crippen LogP contribution in [-0.4, -0.2) is 46.8 Å². The van der Waals surface area contributed by atoms with Gasteiger partial charge in [0.15, 0.2) is 5.69 Å². The SMILES string of the molecule is Cc1ccc([N+](=O)[O-])cc1S(=O)(=O)N1CCCC(Oc2nccc(C(F)(F)F)n2)C1. The van der Waals surface area contributed by atoms with E-state index in [1.54, 1.807) is 0 Å². The predicted octanol–water partition coefficient (Wildman–Crippen LogP) is 2.94. The standard InChI is InChI=1S/C17H17F3N4O5S/c1-11-4-5-12(24(25)26)9-14(11)30(27,28)23-8-2-3-13(10-23)29-16-21-7-6-15(22-16)17(18,19)20/h4-7,9,13H,2-3,8,10H2,1H3. The van der Waals surface area contributed by atoms with E-state index < -0.39 is 38.9 Å². The van der Waals surface area contributed by atoms with Crippen molar-refractivity contribution in [1.29, 1.82) is 0 Å². The number of ether oxygens (including phenoxy) is 1. The molecule has 1 aliphatic heterocycles. The first-order chi connectivity index (χ1) is 14.0. The van der Waals surface area contributed by atoms with E-state index in [-0.39, 0.29) is 23.7 Å². The molecule has 30 heavy (non-hydrogen) atoms. The number of nitro benzene ring substituents is 1. The second-order valence-corrected chi connectivity index (χ2v) is 8.58. The molecule has 3 rings (SSSR count). The van der Waals surface area contributed by atoms with Gasteiger partial charge in [0.2, 0.25) is 10.0 Å². The molecule has 2 aromatic rings. The lowest BCUT2D eigenvalue weighted by atomic mass is 10.1. The van der Waals surface area contributed by atoms with Gasteiger partial charge in [-0.25, -0.2) is 13.4 Å². The summed E-state index contributed by atoms with van der Waals surface area (Å²) >= 11 is 0. The molecule has 0 spiro atoms. The van der Waals surface area contributed by atoms with Crippen LogP contribution in [0.5, 0.6) is 6.01 Å². The number of benzene rings is 1. The third-order valence-corrected chi connectivity index (χ3v) is 6.54. The number of nitro groups is 1. The second kappa shape index (κ2) is 8.14. The molecule has 9 nitrogen and oxygen atoms in total. The van der Waals surface area contributed by atoms with Crippen molar-refractivity contribution in [3.05, 3.63) is 51.8 Å². The number of halogens is 3. The summed E-state index contributed by atoms with van der Waals surface area (Å²) < 4.78 is 71.0. The summed E-state index contributed by atoms with van der Waals surface area (Å²) in [6.07, 6.45) is -3.75. The molecule has 1 aliphatic rings. The summed E-state index contributed by atoms with van der Waals surface area (Å²) in [6.45, 7) is 1.52. The van der Waals surface area contributed by atoms with E-state index in [1.807, 2.05) is 0 Å². The molecular weight excluding hydrogens is 429 g/mol. The van der Waals surface area contributed by atoms with E-state index in [0.29, 0.717) is 24.5 Å². The third kappa shape index (κ3) is 4.67. The zero-order valence-corrected chi connectivity index (χ0v) is 16.5. The second-order valence-electron chi connectivity index (χ2n) is 6.67. The Balaban J connectivity index is 1.81. The highest BCUT2D eigenvalue weighted by Gasteiger charge is 2.35. The number of piperidine rings is 1. The number of alkyl halides is 3. The zero-order valence-electron chi connectivity index (χ0n) is 15.7. The van der Waals surface area contributed by atoms with Gasteiger partial charge >= 0.3 is 12.2 Å². The van der Waals surface area contributed by atoms with Gasteiger partial charge < -0.3 is 4.74 Å². The Kier molecular flexibility index (Phi) is 5.94. The fourth-order valence-corrected chi connectivity index (χ4v) is 4.80. The maximum Gasteiger partial charge on any atom is 0.433 e. The lowest BCUT2D eigenvalue weighted by Crippen LogP contribution is -2.44. The van der Waals surface area contributed by atoms with Crippen molar-refractivity contribution in [2.24, 2.45) is 0 Å². The first-order valence-electron chi connectivity index (χ1n) is 8.80. The minimum absolute atomic E-state index is 0.147. The summed E-state index contributed by atoms with van der Waals surface area (Å²) in [7, 11) is -4.08. The van der Waals surface area contributed by atoms with Crippen molar-refractivity contribution < 1.29 is 31.2 Å². The number of aromatic nitrogens is 2. The maximum absolute atomic E-state index is 13.0. The van der Waals surface area contributed by atoms with Crippen LogP contribution < -0.4 is 4.74 Å². The fraction of sp³-hybridized carbons (Fsp3) is 0.412. The highest BCUT2D eigenvalue weighted by atomic mass is 32.2. The minimum atomic E-state index is -4.66. The van der Waals surface area contributed by atoms with Gasteiger partial charge in [-0.05, 0) is 31.4 Å². The summed E-state index contributed by atoms with van der Waals surface area (Å²) in [4.78, 5) is 17.1. The molecule has 1 atom stereocenters. The highest BCUT2D eigenvalue weighted by Crippen LogP contribution is 2.30. The van der Waals surface area contributed by atoms with E-state index >= 15 is 0 Å². The van der Waals surface area contributed by atoms with Crippen molar-refractivity contribution in [3.63, 3.8) is 0 Å². The number of rotatable bonds is 5. The topological polar surface area (TPSA) is 116 Å². The Morgan fingerprint density at radius 1 is 1.30 bits per heavy atom. The Morgan fingerprint density at radius 3 is 2.70 bits per heavy atom. The minimum Gasteiger partial charge on any atom is -0.459 e. The lowest BCUT2D eigenvalue weighted by Gasteiger charge is -2.31. The van der Waals surface area contributed by atoms with Crippen molar-refractivity contribution >= 4 is 15.7 Å².